The number of hydrogen-bond donors (Lipinski definition) is 0. The Morgan fingerprint density at radius 1 is 0.944 bits per heavy atom. The maximum absolute atomic E-state index is 5.38. The van der Waals surface area contributed by atoms with E-state index in [0.717, 1.165) is 0 Å². The van der Waals surface area contributed by atoms with E-state index in [1.54, 1.807) is 18.3 Å². The van der Waals surface area contributed by atoms with Gasteiger partial charge in [0.1, 0.15) is 32.2 Å². The van der Waals surface area contributed by atoms with E-state index in [0.29, 0.717) is 38.1 Å². The smallest absolute Gasteiger partial charge is 0.213 e. The zero-order chi connectivity index (χ0) is 13.1. The van der Waals surface area contributed by atoms with E-state index in [1.807, 2.05) is 0 Å². The number of aromatic nitrogens is 1. The molecule has 0 radical (unpaired) electrons. The first-order valence-electron chi connectivity index (χ1n) is 5.53. The van der Waals surface area contributed by atoms with Gasteiger partial charge in [0.05, 0.1) is 18.7 Å². The molecule has 0 aliphatic carbocycles. The van der Waals surface area contributed by atoms with Crippen LogP contribution in [0.3, 0.4) is 0 Å². The van der Waals surface area contributed by atoms with Crippen LogP contribution < -0.4 is 9.47 Å². The first-order valence-corrected chi connectivity index (χ1v) is 5.53. The summed E-state index contributed by atoms with van der Waals surface area (Å²) in [5.41, 5.74) is 0. The lowest BCUT2D eigenvalue weighted by Gasteiger charge is -2.07. The molecule has 0 bridgehead atoms. The van der Waals surface area contributed by atoms with Gasteiger partial charge < -0.3 is 18.9 Å². The quantitative estimate of drug-likeness (QED) is 0.471. The zero-order valence-electron chi connectivity index (χ0n) is 10.2. The second-order valence-corrected chi connectivity index (χ2v) is 3.10. The Hall–Kier alpha value is -2.17. The van der Waals surface area contributed by atoms with Gasteiger partial charge in [-0.15, -0.1) is 0 Å². The lowest BCUT2D eigenvalue weighted by Crippen LogP contribution is -2.06. The third-order valence-corrected chi connectivity index (χ3v) is 1.87. The summed E-state index contributed by atoms with van der Waals surface area (Å²) in [6, 6.07) is 3.52. The highest BCUT2D eigenvalue weighted by atomic mass is 16.5. The van der Waals surface area contributed by atoms with Gasteiger partial charge in [0.25, 0.3) is 0 Å². The molecule has 5 heteroatoms. The molecule has 5 nitrogen and oxygen atoms in total. The van der Waals surface area contributed by atoms with Crippen LogP contribution in [0.25, 0.3) is 0 Å². The molecule has 0 fully saturated rings. The molecule has 0 spiro atoms. The van der Waals surface area contributed by atoms with Crippen molar-refractivity contribution in [2.45, 2.75) is 0 Å². The Kier molecular flexibility index (Phi) is 6.89. The molecular formula is C13H17NO4. The highest BCUT2D eigenvalue weighted by Gasteiger charge is 1.97. The minimum Gasteiger partial charge on any atom is -0.498 e. The monoisotopic (exact) mass is 251 g/mol. The molecule has 0 aliphatic heterocycles. The van der Waals surface area contributed by atoms with Crippen molar-refractivity contribution in [2.24, 2.45) is 0 Å². The van der Waals surface area contributed by atoms with Crippen LogP contribution in [-0.4, -0.2) is 31.4 Å². The van der Waals surface area contributed by atoms with E-state index in [1.165, 1.54) is 12.5 Å². The van der Waals surface area contributed by atoms with Gasteiger partial charge in [0, 0.05) is 6.07 Å². The fraction of sp³-hybridized carbons (Fsp3) is 0.308. The fourth-order valence-electron chi connectivity index (χ4n) is 1.11. The lowest BCUT2D eigenvalue weighted by atomic mass is 10.4. The molecule has 0 amide bonds. The van der Waals surface area contributed by atoms with E-state index >= 15 is 0 Å². The van der Waals surface area contributed by atoms with Crippen molar-refractivity contribution >= 4 is 0 Å². The minimum atomic E-state index is 0.423. The van der Waals surface area contributed by atoms with Gasteiger partial charge in [0.2, 0.25) is 5.88 Å². The molecule has 98 valence electrons. The van der Waals surface area contributed by atoms with Crippen molar-refractivity contribution in [1.82, 2.24) is 4.98 Å². The summed E-state index contributed by atoms with van der Waals surface area (Å²) in [4.78, 5) is 4.09. The number of rotatable bonds is 10. The second-order valence-electron chi connectivity index (χ2n) is 3.10. The molecule has 1 heterocycles. The number of ether oxygens (including phenoxy) is 4. The third kappa shape index (κ3) is 5.79. The average Bonchev–Trinajstić information content (AvgIpc) is 2.41. The summed E-state index contributed by atoms with van der Waals surface area (Å²) < 4.78 is 20.6. The average molecular weight is 251 g/mol. The maximum atomic E-state index is 5.38. The minimum absolute atomic E-state index is 0.423. The van der Waals surface area contributed by atoms with Crippen molar-refractivity contribution < 1.29 is 18.9 Å². The predicted molar refractivity (Wildman–Crippen MR) is 67.5 cm³/mol. The Bertz CT molecular complexity index is 316. The largest absolute Gasteiger partial charge is 0.498 e. The van der Waals surface area contributed by atoms with Crippen molar-refractivity contribution in [2.75, 3.05) is 26.4 Å². The van der Waals surface area contributed by atoms with Gasteiger partial charge in [-0.1, -0.05) is 13.2 Å². The fourth-order valence-corrected chi connectivity index (χ4v) is 1.11. The van der Waals surface area contributed by atoms with Crippen molar-refractivity contribution in [3.05, 3.63) is 44.0 Å². The van der Waals surface area contributed by atoms with Crippen molar-refractivity contribution in [3.8, 4) is 11.6 Å². The van der Waals surface area contributed by atoms with Crippen LogP contribution in [0.2, 0.25) is 0 Å². The van der Waals surface area contributed by atoms with E-state index in [9.17, 15) is 0 Å². The lowest BCUT2D eigenvalue weighted by molar-refractivity contribution is 0.173. The molecule has 0 saturated carbocycles. The standard InChI is InChI=1S/C13H17NO4/c1-3-15-7-9-17-12-5-6-13(14-11-12)18-10-8-16-4-2/h3-6,11H,1-2,7-10H2. The van der Waals surface area contributed by atoms with Gasteiger partial charge in [-0.05, 0) is 6.07 Å². The molecule has 0 aromatic carbocycles. The number of hydrogen-bond acceptors (Lipinski definition) is 5. The molecule has 0 N–H and O–H groups in total. The summed E-state index contributed by atoms with van der Waals surface area (Å²) >= 11 is 0. The molecule has 1 rings (SSSR count). The number of pyridine rings is 1. The summed E-state index contributed by atoms with van der Waals surface area (Å²) in [6.07, 6.45) is 4.35. The van der Waals surface area contributed by atoms with Crippen LogP contribution in [0.5, 0.6) is 11.6 Å². The van der Waals surface area contributed by atoms with Crippen molar-refractivity contribution in [3.63, 3.8) is 0 Å². The summed E-state index contributed by atoms with van der Waals surface area (Å²) in [5.74, 6) is 1.19. The molecule has 0 unspecified atom stereocenters. The first-order chi connectivity index (χ1) is 8.86. The van der Waals surface area contributed by atoms with Gasteiger partial charge in [-0.3, -0.25) is 0 Å². The van der Waals surface area contributed by atoms with Crippen LogP contribution in [0.4, 0.5) is 0 Å². The Morgan fingerprint density at radius 2 is 1.61 bits per heavy atom. The van der Waals surface area contributed by atoms with Crippen LogP contribution in [0.1, 0.15) is 0 Å². The van der Waals surface area contributed by atoms with Crippen LogP contribution in [0.15, 0.2) is 44.0 Å². The molecule has 1 aromatic rings. The van der Waals surface area contributed by atoms with Gasteiger partial charge >= 0.3 is 0 Å². The molecular weight excluding hydrogens is 234 g/mol. The Balaban J connectivity index is 2.24. The van der Waals surface area contributed by atoms with Crippen LogP contribution in [-0.2, 0) is 9.47 Å². The maximum Gasteiger partial charge on any atom is 0.213 e. The highest BCUT2D eigenvalue weighted by Crippen LogP contribution is 2.13. The summed E-state index contributed by atoms with van der Waals surface area (Å²) in [5, 5.41) is 0. The van der Waals surface area contributed by atoms with Crippen molar-refractivity contribution in [1.29, 1.82) is 0 Å². The Morgan fingerprint density at radius 3 is 2.17 bits per heavy atom. The SMILES string of the molecule is C=COCCOc1ccc(OCCOC=C)nc1. The third-order valence-electron chi connectivity index (χ3n) is 1.87. The van der Waals surface area contributed by atoms with Crippen LogP contribution >= 0.6 is 0 Å². The summed E-state index contributed by atoms with van der Waals surface area (Å²) in [7, 11) is 0. The highest BCUT2D eigenvalue weighted by molar-refractivity contribution is 5.22. The second kappa shape index (κ2) is 8.92. The van der Waals surface area contributed by atoms with E-state index in [-0.39, 0.29) is 0 Å². The Labute approximate surface area is 107 Å². The molecule has 18 heavy (non-hydrogen) atoms. The van der Waals surface area contributed by atoms with Crippen LogP contribution in [0, 0.1) is 0 Å². The van der Waals surface area contributed by atoms with E-state index in [4.69, 9.17) is 18.9 Å². The van der Waals surface area contributed by atoms with E-state index in [2.05, 4.69) is 18.1 Å². The van der Waals surface area contributed by atoms with Gasteiger partial charge in [-0.25, -0.2) is 4.98 Å². The summed E-state index contributed by atoms with van der Waals surface area (Å²) in [6.45, 7) is 8.64. The predicted octanol–water partition coefficient (Wildman–Crippen LogP) is 2.16. The molecule has 0 aliphatic rings. The van der Waals surface area contributed by atoms with Gasteiger partial charge in [0.15, 0.2) is 0 Å². The molecule has 0 saturated heterocycles. The zero-order valence-corrected chi connectivity index (χ0v) is 10.2. The van der Waals surface area contributed by atoms with Gasteiger partial charge in [-0.2, -0.15) is 0 Å². The first kappa shape index (κ1) is 13.9. The topological polar surface area (TPSA) is 49.8 Å². The number of nitrogens with zero attached hydrogens (tertiary/aromatic N) is 1. The molecule has 1 aromatic heterocycles. The molecule has 0 atom stereocenters. The van der Waals surface area contributed by atoms with E-state index < -0.39 is 0 Å². The normalized spacial score (nSPS) is 9.33.